The summed E-state index contributed by atoms with van der Waals surface area (Å²) in [4.78, 5) is 12.2. The maximum atomic E-state index is 14.3. The molecule has 0 saturated carbocycles. The zero-order valence-electron chi connectivity index (χ0n) is 16.5. The van der Waals surface area contributed by atoms with Gasteiger partial charge in [0.15, 0.2) is 0 Å². The van der Waals surface area contributed by atoms with Gasteiger partial charge in [-0.2, -0.15) is 0 Å². The summed E-state index contributed by atoms with van der Waals surface area (Å²) in [5.41, 5.74) is -0.555. The third-order valence-corrected chi connectivity index (χ3v) is 4.31. The number of hydrogen-bond donors (Lipinski definition) is 2. The summed E-state index contributed by atoms with van der Waals surface area (Å²) in [7, 11) is 0. The highest BCUT2D eigenvalue weighted by Crippen LogP contribution is 2.31. The Kier molecular flexibility index (Phi) is 7.56. The first-order valence-corrected chi connectivity index (χ1v) is 9.49. The molecule has 0 aliphatic carbocycles. The molecule has 152 valence electrons. The van der Waals surface area contributed by atoms with E-state index in [1.807, 2.05) is 0 Å². The van der Waals surface area contributed by atoms with Gasteiger partial charge in [-0.25, -0.2) is 13.6 Å². The monoisotopic (exact) mass is 384 g/mol. The molecule has 3 atom stereocenters. The first kappa shape index (κ1) is 21.6. The van der Waals surface area contributed by atoms with Crippen LogP contribution in [0.4, 0.5) is 13.6 Å². The first-order valence-electron chi connectivity index (χ1n) is 9.49. The van der Waals surface area contributed by atoms with Crippen LogP contribution in [0.25, 0.3) is 0 Å². The van der Waals surface area contributed by atoms with Crippen molar-refractivity contribution in [2.45, 2.75) is 70.7 Å². The minimum absolute atomic E-state index is 0.0179. The van der Waals surface area contributed by atoms with E-state index in [0.29, 0.717) is 13.0 Å². The summed E-state index contributed by atoms with van der Waals surface area (Å²) >= 11 is 0. The zero-order valence-corrected chi connectivity index (χ0v) is 16.5. The number of carbonyl (C=O) groups is 1. The lowest BCUT2D eigenvalue weighted by Gasteiger charge is -2.37. The van der Waals surface area contributed by atoms with Crippen LogP contribution in [-0.4, -0.2) is 36.9 Å². The second kappa shape index (κ2) is 9.46. The molecule has 0 spiro atoms. The van der Waals surface area contributed by atoms with Crippen LogP contribution < -0.4 is 10.6 Å². The van der Waals surface area contributed by atoms with Crippen LogP contribution >= 0.6 is 0 Å². The number of ether oxygens (including phenoxy) is 2. The fraction of sp³-hybridized carbons (Fsp3) is 0.650. The van der Waals surface area contributed by atoms with Crippen molar-refractivity contribution in [3.63, 3.8) is 0 Å². The Morgan fingerprint density at radius 1 is 1.33 bits per heavy atom. The molecule has 2 N–H and O–H groups in total. The van der Waals surface area contributed by atoms with Crippen LogP contribution in [0.2, 0.25) is 0 Å². The third-order valence-electron chi connectivity index (χ3n) is 4.31. The van der Waals surface area contributed by atoms with Crippen LogP contribution in [0.15, 0.2) is 18.2 Å². The van der Waals surface area contributed by atoms with E-state index in [1.54, 1.807) is 20.8 Å². The number of unbranched alkanes of at least 4 members (excludes halogenated alkanes) is 1. The van der Waals surface area contributed by atoms with Crippen LogP contribution in [0.5, 0.6) is 0 Å². The van der Waals surface area contributed by atoms with Gasteiger partial charge in [0.25, 0.3) is 0 Å². The number of carbonyl (C=O) groups excluding carboxylic acids is 1. The Morgan fingerprint density at radius 3 is 2.74 bits per heavy atom. The molecule has 7 heteroatoms. The molecule has 5 nitrogen and oxygen atoms in total. The van der Waals surface area contributed by atoms with Gasteiger partial charge >= 0.3 is 6.09 Å². The van der Waals surface area contributed by atoms with Gasteiger partial charge in [-0.1, -0.05) is 13.3 Å². The van der Waals surface area contributed by atoms with Crippen molar-refractivity contribution in [3.05, 3.63) is 35.4 Å². The van der Waals surface area contributed by atoms with Gasteiger partial charge in [-0.05, 0) is 58.4 Å². The van der Waals surface area contributed by atoms with Crippen molar-refractivity contribution in [1.29, 1.82) is 0 Å². The Balaban J connectivity index is 2.15. The van der Waals surface area contributed by atoms with Crippen LogP contribution in [0.3, 0.4) is 0 Å². The fourth-order valence-corrected chi connectivity index (χ4v) is 3.09. The molecule has 1 fully saturated rings. The number of nitrogens with one attached hydrogen (secondary N) is 2. The standard InChI is InChI=1S/C20H30F2N2O3/c1-5-6-9-23-14-11-17(24-19(25)27-20(2,3)4)18(26-12-14)15-10-13(21)7-8-16(15)22/h7-8,10,14,17-18,23H,5-6,9,11-12H2,1-4H3,(H,24,25)/t14?,17-,18+/m0/s1. The number of benzene rings is 1. The summed E-state index contributed by atoms with van der Waals surface area (Å²) in [6.45, 7) is 8.60. The number of hydrogen-bond acceptors (Lipinski definition) is 4. The molecular formula is C20H30F2N2O3. The van der Waals surface area contributed by atoms with Crippen molar-refractivity contribution in [1.82, 2.24) is 10.6 Å². The van der Waals surface area contributed by atoms with Gasteiger partial charge in [-0.15, -0.1) is 0 Å². The Morgan fingerprint density at radius 2 is 2.07 bits per heavy atom. The number of alkyl carbamates (subject to hydrolysis) is 1. The lowest BCUT2D eigenvalue weighted by Crippen LogP contribution is -2.52. The summed E-state index contributed by atoms with van der Waals surface area (Å²) in [6.07, 6.45) is 1.24. The van der Waals surface area contributed by atoms with Gasteiger partial charge in [0.2, 0.25) is 0 Å². The SMILES string of the molecule is CCCCNC1CO[C@H](c2cc(F)ccc2F)[C@@H](NC(=O)OC(C)(C)C)C1. The topological polar surface area (TPSA) is 59.6 Å². The predicted octanol–water partition coefficient (Wildman–Crippen LogP) is 4.08. The average Bonchev–Trinajstić information content (AvgIpc) is 2.56. The maximum Gasteiger partial charge on any atom is 0.407 e. The highest BCUT2D eigenvalue weighted by Gasteiger charge is 2.36. The maximum absolute atomic E-state index is 14.3. The molecule has 1 aromatic carbocycles. The minimum atomic E-state index is -0.780. The molecule has 27 heavy (non-hydrogen) atoms. The van der Waals surface area contributed by atoms with E-state index in [1.165, 1.54) is 0 Å². The van der Waals surface area contributed by atoms with Crippen molar-refractivity contribution in [2.24, 2.45) is 0 Å². The Hall–Kier alpha value is -1.73. The van der Waals surface area contributed by atoms with Crippen LogP contribution in [0.1, 0.15) is 58.6 Å². The van der Waals surface area contributed by atoms with E-state index < -0.39 is 35.5 Å². The first-order chi connectivity index (χ1) is 12.7. The molecule has 1 amide bonds. The Bertz CT molecular complexity index is 634. The minimum Gasteiger partial charge on any atom is -0.444 e. The van der Waals surface area contributed by atoms with Gasteiger partial charge < -0.3 is 20.1 Å². The lowest BCUT2D eigenvalue weighted by atomic mass is 9.93. The van der Waals surface area contributed by atoms with E-state index in [2.05, 4.69) is 17.6 Å². The number of halogens is 2. The van der Waals surface area contributed by atoms with E-state index in [0.717, 1.165) is 37.6 Å². The number of rotatable bonds is 6. The second-order valence-electron chi connectivity index (χ2n) is 7.91. The second-order valence-corrected chi connectivity index (χ2v) is 7.91. The normalized spacial score (nSPS) is 23.1. The van der Waals surface area contributed by atoms with Crippen molar-refractivity contribution < 1.29 is 23.0 Å². The average molecular weight is 384 g/mol. The largest absolute Gasteiger partial charge is 0.444 e. The Labute approximate surface area is 159 Å². The van der Waals surface area contributed by atoms with E-state index in [-0.39, 0.29) is 11.6 Å². The van der Waals surface area contributed by atoms with Crippen molar-refractivity contribution in [3.8, 4) is 0 Å². The van der Waals surface area contributed by atoms with E-state index >= 15 is 0 Å². The molecule has 1 unspecified atom stereocenters. The highest BCUT2D eigenvalue weighted by molar-refractivity contribution is 5.68. The van der Waals surface area contributed by atoms with Crippen molar-refractivity contribution >= 4 is 6.09 Å². The summed E-state index contributed by atoms with van der Waals surface area (Å²) in [6, 6.07) is 2.74. The third kappa shape index (κ3) is 6.74. The molecule has 0 aromatic heterocycles. The smallest absolute Gasteiger partial charge is 0.407 e. The molecule has 0 bridgehead atoms. The zero-order chi connectivity index (χ0) is 20.0. The molecule has 1 saturated heterocycles. The van der Waals surface area contributed by atoms with E-state index in [9.17, 15) is 13.6 Å². The molecule has 1 aromatic rings. The molecule has 2 rings (SSSR count). The lowest BCUT2D eigenvalue weighted by molar-refractivity contribution is -0.0334. The summed E-state index contributed by atoms with van der Waals surface area (Å²) < 4.78 is 39.1. The molecule has 0 radical (unpaired) electrons. The molecule has 1 aliphatic rings. The fourth-order valence-electron chi connectivity index (χ4n) is 3.09. The van der Waals surface area contributed by atoms with Gasteiger partial charge in [0, 0.05) is 11.6 Å². The van der Waals surface area contributed by atoms with Crippen LogP contribution in [-0.2, 0) is 9.47 Å². The molecular weight excluding hydrogens is 354 g/mol. The van der Waals surface area contributed by atoms with Gasteiger partial charge in [0.05, 0.1) is 12.6 Å². The number of amides is 1. The summed E-state index contributed by atoms with van der Waals surface area (Å²) in [5, 5.41) is 6.16. The van der Waals surface area contributed by atoms with Gasteiger partial charge in [0.1, 0.15) is 23.3 Å². The van der Waals surface area contributed by atoms with Crippen molar-refractivity contribution in [2.75, 3.05) is 13.2 Å². The van der Waals surface area contributed by atoms with Gasteiger partial charge in [-0.3, -0.25) is 0 Å². The highest BCUT2D eigenvalue weighted by atomic mass is 19.1. The van der Waals surface area contributed by atoms with E-state index in [4.69, 9.17) is 9.47 Å². The predicted molar refractivity (Wildman–Crippen MR) is 99.5 cm³/mol. The molecule has 1 heterocycles. The molecule has 1 aliphatic heterocycles. The quantitative estimate of drug-likeness (QED) is 0.726. The summed E-state index contributed by atoms with van der Waals surface area (Å²) in [5.74, 6) is -1.11. The van der Waals surface area contributed by atoms with Crippen LogP contribution in [0, 0.1) is 11.6 Å².